The van der Waals surface area contributed by atoms with Crippen LogP contribution in [0.3, 0.4) is 0 Å². The van der Waals surface area contributed by atoms with Crippen LogP contribution in [0, 0.1) is 0 Å². The van der Waals surface area contributed by atoms with Crippen LogP contribution in [-0.2, 0) is 0 Å². The fourth-order valence-corrected chi connectivity index (χ4v) is 3.85. The van der Waals surface area contributed by atoms with Crippen molar-refractivity contribution in [3.63, 3.8) is 0 Å². The molecule has 1 heterocycles. The summed E-state index contributed by atoms with van der Waals surface area (Å²) in [6.07, 6.45) is 1.52. The topological polar surface area (TPSA) is 72.8 Å². The number of aromatic nitrogens is 1. The molecule has 3 aromatic carbocycles. The van der Waals surface area contributed by atoms with E-state index in [1.54, 1.807) is 26.4 Å². The molecule has 0 spiro atoms. The minimum Gasteiger partial charge on any atom is -0.493 e. The Hall–Kier alpha value is -3.71. The van der Waals surface area contributed by atoms with Crippen LogP contribution in [0.25, 0.3) is 22.2 Å². The van der Waals surface area contributed by atoms with Crippen LogP contribution in [0.15, 0.2) is 82.4 Å². The largest absolute Gasteiger partial charge is 0.493 e. The predicted molar refractivity (Wildman–Crippen MR) is 129 cm³/mol. The number of halogens is 1. The highest BCUT2D eigenvalue weighted by molar-refractivity contribution is 9.10. The number of carbonyl (C=O) groups excluding carboxylic acids is 1. The number of rotatable bonds is 6. The number of carbonyl (C=O) groups is 1. The molecular weight excluding hydrogens is 470 g/mol. The first-order valence-corrected chi connectivity index (χ1v) is 10.6. The molecule has 32 heavy (non-hydrogen) atoms. The Kier molecular flexibility index (Phi) is 6.47. The van der Waals surface area contributed by atoms with Crippen LogP contribution in [0.2, 0.25) is 0 Å². The van der Waals surface area contributed by atoms with E-state index in [4.69, 9.17) is 14.5 Å². The van der Waals surface area contributed by atoms with Crippen molar-refractivity contribution in [2.24, 2.45) is 5.10 Å². The molecule has 0 aliphatic carbocycles. The summed E-state index contributed by atoms with van der Waals surface area (Å²) in [6.45, 7) is 0. The number of hydrogen-bond acceptors (Lipinski definition) is 5. The van der Waals surface area contributed by atoms with Crippen LogP contribution in [0.5, 0.6) is 11.5 Å². The molecule has 7 heteroatoms. The number of nitrogens with one attached hydrogen (secondary N) is 1. The minimum atomic E-state index is -0.335. The number of pyridine rings is 1. The van der Waals surface area contributed by atoms with E-state index in [0.29, 0.717) is 22.6 Å². The highest BCUT2D eigenvalue weighted by Crippen LogP contribution is 2.33. The second kappa shape index (κ2) is 9.62. The molecule has 1 N–H and O–H groups in total. The Balaban J connectivity index is 1.67. The molecule has 4 rings (SSSR count). The molecule has 160 valence electrons. The van der Waals surface area contributed by atoms with E-state index in [-0.39, 0.29) is 5.91 Å². The number of nitrogens with zero attached hydrogens (tertiary/aromatic N) is 2. The van der Waals surface area contributed by atoms with Gasteiger partial charge in [0.05, 0.1) is 37.2 Å². The number of amides is 1. The molecule has 0 saturated heterocycles. The molecule has 1 amide bonds. The zero-order valence-corrected chi connectivity index (χ0v) is 19.1. The van der Waals surface area contributed by atoms with Crippen molar-refractivity contribution < 1.29 is 14.3 Å². The van der Waals surface area contributed by atoms with Crippen LogP contribution in [-0.4, -0.2) is 31.3 Å². The molecule has 0 fully saturated rings. The Morgan fingerprint density at radius 3 is 2.50 bits per heavy atom. The van der Waals surface area contributed by atoms with Gasteiger partial charge < -0.3 is 9.47 Å². The molecular formula is C25H20BrN3O3. The summed E-state index contributed by atoms with van der Waals surface area (Å²) in [4.78, 5) is 17.8. The molecule has 0 bridgehead atoms. The summed E-state index contributed by atoms with van der Waals surface area (Å²) in [5, 5.41) is 4.90. The zero-order valence-electron chi connectivity index (χ0n) is 17.5. The standard InChI is InChI=1S/C25H20BrN3O3/c1-31-23-13-18(26)12-17(24(23)32-2)15-27-29-25(30)20-14-22(16-8-4-3-5-9-16)28-21-11-7-6-10-19(20)21/h3-15H,1-2H3,(H,29,30)/b27-15-. The average molecular weight is 490 g/mol. The second-order valence-electron chi connectivity index (χ2n) is 6.87. The van der Waals surface area contributed by atoms with Gasteiger partial charge >= 0.3 is 0 Å². The summed E-state index contributed by atoms with van der Waals surface area (Å²) in [6, 6.07) is 22.7. The van der Waals surface area contributed by atoms with Crippen LogP contribution in [0.4, 0.5) is 0 Å². The first kappa shape index (κ1) is 21.5. The van der Waals surface area contributed by atoms with Crippen molar-refractivity contribution in [2.75, 3.05) is 14.2 Å². The number of ether oxygens (including phenoxy) is 2. The lowest BCUT2D eigenvalue weighted by atomic mass is 10.0. The Morgan fingerprint density at radius 1 is 1.00 bits per heavy atom. The summed E-state index contributed by atoms with van der Waals surface area (Å²) in [7, 11) is 3.11. The molecule has 4 aromatic rings. The van der Waals surface area contributed by atoms with E-state index < -0.39 is 0 Å². The third kappa shape index (κ3) is 4.48. The monoisotopic (exact) mass is 489 g/mol. The van der Waals surface area contributed by atoms with Crippen molar-refractivity contribution in [2.45, 2.75) is 0 Å². The van der Waals surface area contributed by atoms with Gasteiger partial charge in [0.1, 0.15) is 0 Å². The van der Waals surface area contributed by atoms with E-state index in [1.165, 1.54) is 6.21 Å². The number of hydrazone groups is 1. The van der Waals surface area contributed by atoms with E-state index >= 15 is 0 Å². The molecule has 0 atom stereocenters. The fourth-order valence-electron chi connectivity index (χ4n) is 3.40. The van der Waals surface area contributed by atoms with Gasteiger partial charge in [-0.25, -0.2) is 10.4 Å². The predicted octanol–water partition coefficient (Wildman–Crippen LogP) is 5.45. The van der Waals surface area contributed by atoms with Gasteiger partial charge in [0.2, 0.25) is 0 Å². The lowest BCUT2D eigenvalue weighted by molar-refractivity contribution is 0.0956. The third-order valence-electron chi connectivity index (χ3n) is 4.87. The Labute approximate surface area is 194 Å². The number of fused-ring (bicyclic) bond motifs is 1. The molecule has 0 unspecified atom stereocenters. The summed E-state index contributed by atoms with van der Waals surface area (Å²) < 4.78 is 11.6. The van der Waals surface area contributed by atoms with Gasteiger partial charge in [-0.1, -0.05) is 64.5 Å². The third-order valence-corrected chi connectivity index (χ3v) is 5.33. The summed E-state index contributed by atoms with van der Waals surface area (Å²) in [5.41, 5.74) is 6.15. The average Bonchev–Trinajstić information content (AvgIpc) is 2.83. The number of benzene rings is 3. The maximum Gasteiger partial charge on any atom is 0.272 e. The number of para-hydroxylation sites is 1. The normalized spacial score (nSPS) is 11.0. The van der Waals surface area contributed by atoms with Crippen molar-refractivity contribution in [3.8, 4) is 22.8 Å². The Morgan fingerprint density at radius 2 is 1.75 bits per heavy atom. The van der Waals surface area contributed by atoms with E-state index in [9.17, 15) is 4.79 Å². The van der Waals surface area contributed by atoms with Crippen LogP contribution in [0.1, 0.15) is 15.9 Å². The van der Waals surface area contributed by atoms with Gasteiger partial charge in [0.15, 0.2) is 11.5 Å². The Bertz CT molecular complexity index is 1310. The number of hydrogen-bond donors (Lipinski definition) is 1. The van der Waals surface area contributed by atoms with Gasteiger partial charge in [-0.15, -0.1) is 0 Å². The van der Waals surface area contributed by atoms with Crippen molar-refractivity contribution in [3.05, 3.63) is 88.4 Å². The van der Waals surface area contributed by atoms with Gasteiger partial charge in [-0.3, -0.25) is 4.79 Å². The van der Waals surface area contributed by atoms with Gasteiger partial charge in [-0.05, 0) is 24.3 Å². The quantitative estimate of drug-likeness (QED) is 0.289. The molecule has 0 saturated carbocycles. The zero-order chi connectivity index (χ0) is 22.5. The lowest BCUT2D eigenvalue weighted by Crippen LogP contribution is -2.18. The smallest absolute Gasteiger partial charge is 0.272 e. The summed E-state index contributed by atoms with van der Waals surface area (Å²) in [5.74, 6) is 0.745. The van der Waals surface area contributed by atoms with Crippen molar-refractivity contribution in [1.29, 1.82) is 0 Å². The first-order valence-electron chi connectivity index (χ1n) is 9.81. The molecule has 6 nitrogen and oxygen atoms in total. The molecule has 0 aliphatic rings. The van der Waals surface area contributed by atoms with Crippen LogP contribution < -0.4 is 14.9 Å². The van der Waals surface area contributed by atoms with E-state index in [2.05, 4.69) is 26.5 Å². The van der Waals surface area contributed by atoms with Gasteiger partial charge in [0.25, 0.3) is 5.91 Å². The minimum absolute atomic E-state index is 0.335. The second-order valence-corrected chi connectivity index (χ2v) is 7.78. The number of methoxy groups -OCH3 is 2. The maximum atomic E-state index is 13.1. The van der Waals surface area contributed by atoms with Gasteiger partial charge in [0, 0.05) is 21.0 Å². The van der Waals surface area contributed by atoms with Crippen molar-refractivity contribution >= 4 is 39.0 Å². The lowest BCUT2D eigenvalue weighted by Gasteiger charge is -2.11. The maximum absolute atomic E-state index is 13.1. The molecule has 0 aliphatic heterocycles. The fraction of sp³-hybridized carbons (Fsp3) is 0.0800. The van der Waals surface area contributed by atoms with Gasteiger partial charge in [-0.2, -0.15) is 5.10 Å². The van der Waals surface area contributed by atoms with E-state index in [1.807, 2.05) is 60.7 Å². The SMILES string of the molecule is COc1cc(Br)cc(/C=N\NC(=O)c2cc(-c3ccccc3)nc3ccccc23)c1OC. The first-order chi connectivity index (χ1) is 15.6. The molecule has 1 aromatic heterocycles. The molecule has 0 radical (unpaired) electrons. The summed E-state index contributed by atoms with van der Waals surface area (Å²) >= 11 is 3.44. The van der Waals surface area contributed by atoms with E-state index in [0.717, 1.165) is 26.6 Å². The highest BCUT2D eigenvalue weighted by Gasteiger charge is 2.14. The van der Waals surface area contributed by atoms with Crippen molar-refractivity contribution in [1.82, 2.24) is 10.4 Å². The highest BCUT2D eigenvalue weighted by atomic mass is 79.9. The van der Waals surface area contributed by atoms with Crippen LogP contribution >= 0.6 is 15.9 Å².